The maximum atomic E-state index is 12.4. The number of alkyl halides is 2. The van der Waals surface area contributed by atoms with E-state index in [0.717, 1.165) is 18.5 Å². The van der Waals surface area contributed by atoms with Crippen LogP contribution in [0.4, 0.5) is 14.5 Å². The Morgan fingerprint density at radius 2 is 1.67 bits per heavy atom. The standard InChI is InChI=1S/C17H19F2NO/c1-2-7-13-8-3-5-10-15(13)20-12-14-9-4-6-11-16(14)21-17(18)19/h3-6,8-11,17,20H,2,7,12H2,1H3. The van der Waals surface area contributed by atoms with Crippen LogP contribution in [0.2, 0.25) is 0 Å². The number of para-hydroxylation sites is 2. The van der Waals surface area contributed by atoms with E-state index < -0.39 is 6.61 Å². The number of anilines is 1. The van der Waals surface area contributed by atoms with Gasteiger partial charge in [-0.3, -0.25) is 0 Å². The van der Waals surface area contributed by atoms with Gasteiger partial charge in [0.1, 0.15) is 5.75 Å². The van der Waals surface area contributed by atoms with E-state index in [1.54, 1.807) is 18.2 Å². The fourth-order valence-corrected chi connectivity index (χ4v) is 2.23. The van der Waals surface area contributed by atoms with E-state index in [0.29, 0.717) is 12.1 Å². The number of benzene rings is 2. The molecule has 2 nitrogen and oxygen atoms in total. The quantitative estimate of drug-likeness (QED) is 0.787. The number of aryl methyl sites for hydroxylation is 1. The van der Waals surface area contributed by atoms with Crippen molar-refractivity contribution in [1.29, 1.82) is 0 Å². The van der Waals surface area contributed by atoms with Crippen LogP contribution in [0.3, 0.4) is 0 Å². The second kappa shape index (κ2) is 7.62. The zero-order chi connectivity index (χ0) is 15.1. The Hall–Kier alpha value is -2.10. The Morgan fingerprint density at radius 3 is 2.38 bits per heavy atom. The van der Waals surface area contributed by atoms with Gasteiger partial charge in [-0.25, -0.2) is 0 Å². The molecule has 0 spiro atoms. The van der Waals surface area contributed by atoms with Crippen LogP contribution in [0.15, 0.2) is 48.5 Å². The van der Waals surface area contributed by atoms with Crippen molar-refractivity contribution in [3.05, 3.63) is 59.7 Å². The number of ether oxygens (including phenoxy) is 1. The van der Waals surface area contributed by atoms with Gasteiger partial charge in [0, 0.05) is 17.8 Å². The molecule has 2 aromatic rings. The van der Waals surface area contributed by atoms with Gasteiger partial charge >= 0.3 is 6.61 Å². The molecule has 0 radical (unpaired) electrons. The minimum atomic E-state index is -2.81. The van der Waals surface area contributed by atoms with Crippen LogP contribution in [0.1, 0.15) is 24.5 Å². The molecule has 0 heterocycles. The molecular formula is C17H19F2NO. The topological polar surface area (TPSA) is 21.3 Å². The molecule has 0 aliphatic carbocycles. The number of halogens is 2. The van der Waals surface area contributed by atoms with Crippen molar-refractivity contribution in [3.63, 3.8) is 0 Å². The molecule has 21 heavy (non-hydrogen) atoms. The second-order valence-electron chi connectivity index (χ2n) is 4.75. The van der Waals surface area contributed by atoms with Gasteiger partial charge in [0.15, 0.2) is 0 Å². The molecule has 0 aromatic heterocycles. The molecule has 112 valence electrons. The summed E-state index contributed by atoms with van der Waals surface area (Å²) >= 11 is 0. The predicted molar refractivity (Wildman–Crippen MR) is 80.8 cm³/mol. The average Bonchev–Trinajstić information content (AvgIpc) is 2.47. The molecule has 0 unspecified atom stereocenters. The normalized spacial score (nSPS) is 10.7. The summed E-state index contributed by atoms with van der Waals surface area (Å²) < 4.78 is 29.3. The number of rotatable bonds is 7. The summed E-state index contributed by atoms with van der Waals surface area (Å²) in [7, 11) is 0. The summed E-state index contributed by atoms with van der Waals surface area (Å²) in [6.07, 6.45) is 2.04. The van der Waals surface area contributed by atoms with Crippen LogP contribution in [0.5, 0.6) is 5.75 Å². The molecule has 4 heteroatoms. The Kier molecular flexibility index (Phi) is 5.55. The summed E-state index contributed by atoms with van der Waals surface area (Å²) in [4.78, 5) is 0. The van der Waals surface area contributed by atoms with E-state index in [9.17, 15) is 8.78 Å². The molecule has 0 atom stereocenters. The lowest BCUT2D eigenvalue weighted by atomic mass is 10.1. The van der Waals surface area contributed by atoms with Crippen LogP contribution >= 0.6 is 0 Å². The molecule has 0 saturated heterocycles. The van der Waals surface area contributed by atoms with Gasteiger partial charge in [-0.05, 0) is 24.1 Å². The number of hydrogen-bond acceptors (Lipinski definition) is 2. The lowest BCUT2D eigenvalue weighted by molar-refractivity contribution is -0.0504. The monoisotopic (exact) mass is 291 g/mol. The van der Waals surface area contributed by atoms with Gasteiger partial charge in [0.2, 0.25) is 0 Å². The molecule has 0 fully saturated rings. The Balaban J connectivity index is 2.10. The second-order valence-corrected chi connectivity index (χ2v) is 4.75. The van der Waals surface area contributed by atoms with Gasteiger partial charge in [0.25, 0.3) is 0 Å². The lowest BCUT2D eigenvalue weighted by Crippen LogP contribution is -2.08. The molecule has 0 aliphatic heterocycles. The summed E-state index contributed by atoms with van der Waals surface area (Å²) in [6.45, 7) is -0.231. The number of nitrogens with one attached hydrogen (secondary N) is 1. The van der Waals surface area contributed by atoms with Crippen molar-refractivity contribution >= 4 is 5.69 Å². The minimum Gasteiger partial charge on any atom is -0.434 e. The van der Waals surface area contributed by atoms with E-state index in [4.69, 9.17) is 0 Å². The molecule has 2 rings (SSSR count). The molecule has 0 saturated carbocycles. The first kappa shape index (κ1) is 15.3. The van der Waals surface area contributed by atoms with Crippen molar-refractivity contribution in [2.24, 2.45) is 0 Å². The van der Waals surface area contributed by atoms with Gasteiger partial charge in [-0.1, -0.05) is 49.7 Å². The maximum absolute atomic E-state index is 12.4. The van der Waals surface area contributed by atoms with E-state index in [1.807, 2.05) is 24.3 Å². The Labute approximate surface area is 123 Å². The van der Waals surface area contributed by atoms with Gasteiger partial charge in [0.05, 0.1) is 0 Å². The third kappa shape index (κ3) is 4.45. The number of hydrogen-bond donors (Lipinski definition) is 1. The smallest absolute Gasteiger partial charge is 0.387 e. The lowest BCUT2D eigenvalue weighted by Gasteiger charge is -2.14. The third-order valence-corrected chi connectivity index (χ3v) is 3.19. The minimum absolute atomic E-state index is 0.216. The van der Waals surface area contributed by atoms with Crippen LogP contribution in [0, 0.1) is 0 Å². The van der Waals surface area contributed by atoms with E-state index >= 15 is 0 Å². The highest BCUT2D eigenvalue weighted by atomic mass is 19.3. The Bertz CT molecular complexity index is 572. The van der Waals surface area contributed by atoms with Crippen LogP contribution in [-0.2, 0) is 13.0 Å². The zero-order valence-electron chi connectivity index (χ0n) is 12.0. The maximum Gasteiger partial charge on any atom is 0.387 e. The van der Waals surface area contributed by atoms with Crippen molar-refractivity contribution in [2.75, 3.05) is 5.32 Å². The first-order valence-electron chi connectivity index (χ1n) is 7.05. The molecule has 0 amide bonds. The van der Waals surface area contributed by atoms with E-state index in [1.165, 1.54) is 5.56 Å². The highest BCUT2D eigenvalue weighted by molar-refractivity contribution is 5.52. The summed E-state index contributed by atoms with van der Waals surface area (Å²) in [5, 5.41) is 3.30. The zero-order valence-corrected chi connectivity index (χ0v) is 12.0. The molecular weight excluding hydrogens is 272 g/mol. The van der Waals surface area contributed by atoms with Gasteiger partial charge < -0.3 is 10.1 Å². The summed E-state index contributed by atoms with van der Waals surface area (Å²) in [5.41, 5.74) is 2.97. The Morgan fingerprint density at radius 1 is 1.00 bits per heavy atom. The van der Waals surface area contributed by atoms with Crippen LogP contribution < -0.4 is 10.1 Å². The summed E-state index contributed by atoms with van der Waals surface area (Å²) in [5.74, 6) is 0.216. The molecule has 0 bridgehead atoms. The summed E-state index contributed by atoms with van der Waals surface area (Å²) in [6, 6.07) is 14.9. The van der Waals surface area contributed by atoms with Crippen molar-refractivity contribution < 1.29 is 13.5 Å². The highest BCUT2D eigenvalue weighted by Crippen LogP contribution is 2.23. The van der Waals surface area contributed by atoms with Gasteiger partial charge in [-0.15, -0.1) is 0 Å². The van der Waals surface area contributed by atoms with E-state index in [2.05, 4.69) is 23.0 Å². The predicted octanol–water partition coefficient (Wildman–Crippen LogP) is 4.85. The fraction of sp³-hybridized carbons (Fsp3) is 0.294. The highest BCUT2D eigenvalue weighted by Gasteiger charge is 2.09. The first-order chi connectivity index (χ1) is 10.2. The van der Waals surface area contributed by atoms with Crippen LogP contribution in [-0.4, -0.2) is 6.61 Å². The third-order valence-electron chi connectivity index (χ3n) is 3.19. The SMILES string of the molecule is CCCc1ccccc1NCc1ccccc1OC(F)F. The molecule has 0 aliphatic rings. The van der Waals surface area contributed by atoms with Crippen LogP contribution in [0.25, 0.3) is 0 Å². The average molecular weight is 291 g/mol. The fourth-order valence-electron chi connectivity index (χ4n) is 2.23. The molecule has 1 N–H and O–H groups in total. The van der Waals surface area contributed by atoms with Crippen molar-refractivity contribution in [3.8, 4) is 5.75 Å². The van der Waals surface area contributed by atoms with Crippen molar-refractivity contribution in [1.82, 2.24) is 0 Å². The van der Waals surface area contributed by atoms with Gasteiger partial charge in [-0.2, -0.15) is 8.78 Å². The molecule has 2 aromatic carbocycles. The first-order valence-corrected chi connectivity index (χ1v) is 7.05. The van der Waals surface area contributed by atoms with E-state index in [-0.39, 0.29) is 5.75 Å². The largest absolute Gasteiger partial charge is 0.434 e. The van der Waals surface area contributed by atoms with Crippen molar-refractivity contribution in [2.45, 2.75) is 32.9 Å².